The van der Waals surface area contributed by atoms with E-state index < -0.39 is 4.92 Å². The first kappa shape index (κ1) is 24.6. The topological polar surface area (TPSA) is 89.5 Å². The highest BCUT2D eigenvalue weighted by molar-refractivity contribution is 5.85. The summed E-state index contributed by atoms with van der Waals surface area (Å²) in [6, 6.07) is 24.6. The summed E-state index contributed by atoms with van der Waals surface area (Å²) in [4.78, 5) is 22.8. The molecular weight excluding hydrogens is 452 g/mol. The smallest absolute Gasteiger partial charge is 0.269 e. The molecule has 0 atom stereocenters. The number of aromatic nitrogens is 1. The molecule has 0 saturated carbocycles. The average molecular weight is 481 g/mol. The van der Waals surface area contributed by atoms with Gasteiger partial charge in [-0.15, -0.1) is 0 Å². The van der Waals surface area contributed by atoms with Crippen LogP contribution in [0.4, 0.5) is 5.69 Å². The quantitative estimate of drug-likeness (QED) is 0.193. The van der Waals surface area contributed by atoms with Gasteiger partial charge in [0.2, 0.25) is 5.91 Å². The molecule has 7 nitrogen and oxygen atoms in total. The Morgan fingerprint density at radius 3 is 2.11 bits per heavy atom. The summed E-state index contributed by atoms with van der Waals surface area (Å²) >= 11 is 0. The highest BCUT2D eigenvalue weighted by Crippen LogP contribution is 2.25. The van der Waals surface area contributed by atoms with E-state index in [2.05, 4.69) is 22.0 Å². The number of non-ortho nitro benzene ring substituents is 1. The highest BCUT2D eigenvalue weighted by Gasteiger charge is 2.11. The molecule has 182 valence electrons. The van der Waals surface area contributed by atoms with Gasteiger partial charge < -0.3 is 4.57 Å². The Morgan fingerprint density at radius 1 is 0.944 bits per heavy atom. The Bertz CT molecular complexity index is 1400. The van der Waals surface area contributed by atoms with Crippen LogP contribution in [0, 0.1) is 24.0 Å². The maximum Gasteiger partial charge on any atom is 0.269 e. The van der Waals surface area contributed by atoms with Crippen molar-refractivity contribution in [2.75, 3.05) is 0 Å². The SMILES string of the molecule is CCc1ccc(CC(=O)N/N=C/c2cc(C)n(-c3ccc(-c4ccc([N+](=O)[O-])cc4)cc3)c2C)cc1. The number of nitro benzene ring substituents is 1. The van der Waals surface area contributed by atoms with Gasteiger partial charge in [0, 0.05) is 34.8 Å². The lowest BCUT2D eigenvalue weighted by Crippen LogP contribution is -2.19. The van der Waals surface area contributed by atoms with E-state index in [1.165, 1.54) is 17.7 Å². The van der Waals surface area contributed by atoms with Gasteiger partial charge in [-0.1, -0.05) is 43.3 Å². The number of nitrogens with zero attached hydrogens (tertiary/aromatic N) is 3. The summed E-state index contributed by atoms with van der Waals surface area (Å²) < 4.78 is 2.12. The van der Waals surface area contributed by atoms with Crippen molar-refractivity contribution in [2.24, 2.45) is 5.10 Å². The van der Waals surface area contributed by atoms with Gasteiger partial charge in [0.05, 0.1) is 17.6 Å². The minimum Gasteiger partial charge on any atom is -0.318 e. The number of hydrogen-bond donors (Lipinski definition) is 1. The predicted octanol–water partition coefficient (Wildman–Crippen LogP) is 5.92. The molecule has 0 aliphatic rings. The predicted molar refractivity (Wildman–Crippen MR) is 143 cm³/mol. The molecule has 36 heavy (non-hydrogen) atoms. The number of carbonyl (C=O) groups excluding carboxylic acids is 1. The molecule has 0 spiro atoms. The summed E-state index contributed by atoms with van der Waals surface area (Å²) in [5.74, 6) is -0.161. The van der Waals surface area contributed by atoms with Crippen LogP contribution in [-0.4, -0.2) is 21.6 Å². The van der Waals surface area contributed by atoms with Gasteiger partial charge in [-0.05, 0) is 72.9 Å². The lowest BCUT2D eigenvalue weighted by molar-refractivity contribution is -0.384. The Morgan fingerprint density at radius 2 is 1.53 bits per heavy atom. The lowest BCUT2D eigenvalue weighted by atomic mass is 10.0. The van der Waals surface area contributed by atoms with Crippen LogP contribution < -0.4 is 5.43 Å². The van der Waals surface area contributed by atoms with Crippen molar-refractivity contribution in [3.8, 4) is 16.8 Å². The zero-order valence-electron chi connectivity index (χ0n) is 20.6. The first-order valence-electron chi connectivity index (χ1n) is 11.8. The maximum absolute atomic E-state index is 12.3. The Balaban J connectivity index is 1.43. The fourth-order valence-corrected chi connectivity index (χ4v) is 4.19. The number of aryl methyl sites for hydroxylation is 2. The molecule has 0 unspecified atom stereocenters. The van der Waals surface area contributed by atoms with Crippen molar-refractivity contribution < 1.29 is 9.72 Å². The molecule has 0 bridgehead atoms. The molecule has 1 N–H and O–H groups in total. The first-order valence-corrected chi connectivity index (χ1v) is 11.8. The zero-order valence-corrected chi connectivity index (χ0v) is 20.6. The average Bonchev–Trinajstić information content (AvgIpc) is 3.17. The van der Waals surface area contributed by atoms with Gasteiger partial charge in [-0.25, -0.2) is 5.43 Å². The van der Waals surface area contributed by atoms with E-state index in [0.29, 0.717) is 0 Å². The number of nitro groups is 1. The van der Waals surface area contributed by atoms with Crippen LogP contribution in [0.25, 0.3) is 16.8 Å². The molecule has 1 amide bonds. The molecule has 0 saturated heterocycles. The molecule has 3 aromatic carbocycles. The van der Waals surface area contributed by atoms with E-state index in [-0.39, 0.29) is 18.0 Å². The number of nitrogens with one attached hydrogen (secondary N) is 1. The maximum atomic E-state index is 12.3. The number of amides is 1. The monoisotopic (exact) mass is 480 g/mol. The van der Waals surface area contributed by atoms with E-state index in [0.717, 1.165) is 45.7 Å². The second-order valence-electron chi connectivity index (χ2n) is 8.65. The Labute approximate surface area is 210 Å². The lowest BCUT2D eigenvalue weighted by Gasteiger charge is -2.11. The molecule has 4 rings (SSSR count). The van der Waals surface area contributed by atoms with Crippen LogP contribution in [-0.2, 0) is 17.6 Å². The summed E-state index contributed by atoms with van der Waals surface area (Å²) in [5, 5.41) is 15.0. The van der Waals surface area contributed by atoms with E-state index in [4.69, 9.17) is 0 Å². The fraction of sp³-hybridized carbons (Fsp3) is 0.172. The van der Waals surface area contributed by atoms with Gasteiger partial charge in [0.1, 0.15) is 0 Å². The molecule has 1 aromatic heterocycles. The molecule has 0 aliphatic carbocycles. The van der Waals surface area contributed by atoms with Crippen molar-refractivity contribution >= 4 is 17.8 Å². The molecule has 7 heteroatoms. The van der Waals surface area contributed by atoms with Gasteiger partial charge in [0.15, 0.2) is 0 Å². The molecule has 0 radical (unpaired) electrons. The van der Waals surface area contributed by atoms with Crippen molar-refractivity contribution in [2.45, 2.75) is 33.6 Å². The number of carbonyl (C=O) groups is 1. The van der Waals surface area contributed by atoms with Crippen molar-refractivity contribution in [3.05, 3.63) is 117 Å². The van der Waals surface area contributed by atoms with Crippen LogP contribution in [0.1, 0.15) is 35.0 Å². The second kappa shape index (κ2) is 10.8. The van der Waals surface area contributed by atoms with E-state index in [1.54, 1.807) is 18.3 Å². The summed E-state index contributed by atoms with van der Waals surface area (Å²) in [5.41, 5.74) is 10.7. The van der Waals surface area contributed by atoms with Crippen LogP contribution in [0.3, 0.4) is 0 Å². The molecule has 0 fully saturated rings. The molecule has 0 aliphatic heterocycles. The fourth-order valence-electron chi connectivity index (χ4n) is 4.19. The van der Waals surface area contributed by atoms with E-state index >= 15 is 0 Å². The zero-order chi connectivity index (χ0) is 25.7. The largest absolute Gasteiger partial charge is 0.318 e. The number of hydrogen-bond acceptors (Lipinski definition) is 4. The minimum atomic E-state index is -0.401. The third-order valence-electron chi connectivity index (χ3n) is 6.20. The highest BCUT2D eigenvalue weighted by atomic mass is 16.6. The number of hydrazone groups is 1. The number of rotatable bonds is 8. The van der Waals surface area contributed by atoms with Gasteiger partial charge in [-0.3, -0.25) is 14.9 Å². The molecule has 1 heterocycles. The van der Waals surface area contributed by atoms with Gasteiger partial charge >= 0.3 is 0 Å². The van der Waals surface area contributed by atoms with Crippen LogP contribution >= 0.6 is 0 Å². The Hall–Kier alpha value is -4.52. The normalized spacial score (nSPS) is 11.1. The van der Waals surface area contributed by atoms with E-state index in [1.807, 2.05) is 68.4 Å². The standard InChI is InChI=1S/C29H28N4O3/c1-4-22-5-7-23(8-6-22)18-29(34)31-30-19-26-17-20(2)32(21(26)3)27-13-9-24(10-14-27)25-11-15-28(16-12-25)33(35)36/h5-17,19H,4,18H2,1-3H3,(H,31,34)/b30-19+. The van der Waals surface area contributed by atoms with Crippen molar-refractivity contribution in [3.63, 3.8) is 0 Å². The minimum absolute atomic E-state index is 0.0741. The van der Waals surface area contributed by atoms with Crippen molar-refractivity contribution in [1.82, 2.24) is 9.99 Å². The van der Waals surface area contributed by atoms with Crippen molar-refractivity contribution in [1.29, 1.82) is 0 Å². The van der Waals surface area contributed by atoms with E-state index in [9.17, 15) is 14.9 Å². The molecule has 4 aromatic rings. The number of benzene rings is 3. The van der Waals surface area contributed by atoms with Crippen LogP contribution in [0.15, 0.2) is 84.0 Å². The third kappa shape index (κ3) is 5.58. The second-order valence-corrected chi connectivity index (χ2v) is 8.65. The summed E-state index contributed by atoms with van der Waals surface area (Å²) in [7, 11) is 0. The van der Waals surface area contributed by atoms with Gasteiger partial charge in [-0.2, -0.15) is 5.10 Å². The van der Waals surface area contributed by atoms with Gasteiger partial charge in [0.25, 0.3) is 5.69 Å². The third-order valence-corrected chi connectivity index (χ3v) is 6.20. The summed E-state index contributed by atoms with van der Waals surface area (Å²) in [6.45, 7) is 6.13. The molecular formula is C29H28N4O3. The van der Waals surface area contributed by atoms with Crippen LogP contribution in [0.5, 0.6) is 0 Å². The first-order chi connectivity index (χ1) is 17.4. The van der Waals surface area contributed by atoms with Crippen LogP contribution in [0.2, 0.25) is 0 Å². The summed E-state index contributed by atoms with van der Waals surface area (Å²) in [6.07, 6.45) is 2.92. The Kier molecular flexibility index (Phi) is 7.39.